The minimum Gasteiger partial charge on any atom is -0.499 e. The first kappa shape index (κ1) is 5.31. The average Bonchev–Trinajstić information content (AvgIpc) is 2.14. The van der Waals surface area contributed by atoms with Crippen molar-refractivity contribution in [3.63, 3.8) is 0 Å². The highest BCUT2D eigenvalue weighted by atomic mass is 32.1. The zero-order valence-corrected chi connectivity index (χ0v) is 4.81. The number of carbonyl (C=O) groups excluding carboxylic acids is 1. The summed E-state index contributed by atoms with van der Waals surface area (Å²) in [5.41, 5.74) is 0. The van der Waals surface area contributed by atoms with E-state index in [1.807, 2.05) is 0 Å². The van der Waals surface area contributed by atoms with Gasteiger partial charge in [-0.2, -0.15) is 0 Å². The summed E-state index contributed by atoms with van der Waals surface area (Å²) in [4.78, 5) is 10.5. The second-order valence-corrected chi connectivity index (χ2v) is 2.39. The van der Waals surface area contributed by atoms with E-state index in [-0.39, 0.29) is 5.06 Å². The van der Waals surface area contributed by atoms with Gasteiger partial charge in [-0.1, -0.05) is 11.3 Å². The van der Waals surface area contributed by atoms with Gasteiger partial charge in [0.05, 0.1) is 4.88 Å². The molecule has 1 N–H and O–H groups in total. The average molecular weight is 128 g/mol. The van der Waals surface area contributed by atoms with E-state index in [9.17, 15) is 4.79 Å². The van der Waals surface area contributed by atoms with Crippen molar-refractivity contribution >= 4 is 17.6 Å². The number of aromatic hydroxyl groups is 1. The lowest BCUT2D eigenvalue weighted by Crippen LogP contribution is -1.61. The van der Waals surface area contributed by atoms with Crippen molar-refractivity contribution in [2.75, 3.05) is 0 Å². The summed E-state index contributed by atoms with van der Waals surface area (Å²) in [6.07, 6.45) is 0.713. The maximum atomic E-state index is 9.92. The largest absolute Gasteiger partial charge is 0.499 e. The van der Waals surface area contributed by atoms with Crippen LogP contribution in [-0.2, 0) is 0 Å². The summed E-state index contributed by atoms with van der Waals surface area (Å²) in [5.74, 6) is 0. The van der Waals surface area contributed by atoms with Crippen molar-refractivity contribution in [1.82, 2.24) is 0 Å². The Labute approximate surface area is 50.4 Å². The highest BCUT2D eigenvalue weighted by Gasteiger charge is 1.92. The van der Waals surface area contributed by atoms with E-state index in [2.05, 4.69) is 0 Å². The molecule has 3 heteroatoms. The van der Waals surface area contributed by atoms with Gasteiger partial charge in [-0.25, -0.2) is 0 Å². The third kappa shape index (κ3) is 0.869. The number of rotatable bonds is 1. The Bertz CT molecular complexity index is 192. The molecular weight excluding hydrogens is 124 g/mol. The van der Waals surface area contributed by atoms with Crippen molar-refractivity contribution in [2.24, 2.45) is 0 Å². The van der Waals surface area contributed by atoms with Crippen LogP contribution in [0.4, 0.5) is 0 Å². The van der Waals surface area contributed by atoms with Gasteiger partial charge in [-0.05, 0) is 12.1 Å². The molecule has 0 saturated heterocycles. The Hall–Kier alpha value is -0.830. The summed E-state index contributed by atoms with van der Waals surface area (Å²) in [7, 11) is 0. The molecule has 8 heavy (non-hydrogen) atoms. The van der Waals surface area contributed by atoms with E-state index in [0.717, 1.165) is 11.3 Å². The normalized spacial score (nSPS) is 9.00. The second kappa shape index (κ2) is 1.96. The van der Waals surface area contributed by atoms with E-state index in [1.165, 1.54) is 6.07 Å². The molecule has 0 fully saturated rings. The molecule has 0 aliphatic heterocycles. The minimum absolute atomic E-state index is 0.187. The highest BCUT2D eigenvalue weighted by Crippen LogP contribution is 2.19. The maximum Gasteiger partial charge on any atom is 0.171 e. The first-order valence-electron chi connectivity index (χ1n) is 2.07. The summed E-state index contributed by atoms with van der Waals surface area (Å²) in [6.45, 7) is 0. The molecule has 2 nitrogen and oxygen atoms in total. The Morgan fingerprint density at radius 3 is 2.62 bits per heavy atom. The molecule has 0 amide bonds. The Balaban J connectivity index is 3.00. The predicted molar refractivity (Wildman–Crippen MR) is 31.4 cm³/mol. The second-order valence-electron chi connectivity index (χ2n) is 1.29. The Morgan fingerprint density at radius 1 is 1.62 bits per heavy atom. The molecule has 0 aliphatic carbocycles. The molecular formula is C5H4O2S. The van der Waals surface area contributed by atoms with Crippen LogP contribution >= 0.6 is 11.3 Å². The standard InChI is InChI=1S/C5H4O2S/c6-3-4-1-2-5(7)8-4/h1-3,7H. The van der Waals surface area contributed by atoms with Crippen molar-refractivity contribution in [3.8, 4) is 5.06 Å². The SMILES string of the molecule is O=Cc1ccc(O)s1. The molecule has 1 aromatic heterocycles. The van der Waals surface area contributed by atoms with E-state index in [0.29, 0.717) is 11.2 Å². The summed E-state index contributed by atoms with van der Waals surface area (Å²) >= 11 is 1.08. The molecule has 0 aromatic carbocycles. The van der Waals surface area contributed by atoms with Crippen molar-refractivity contribution in [3.05, 3.63) is 17.0 Å². The fourth-order valence-electron chi connectivity index (χ4n) is 0.406. The molecule has 1 aromatic rings. The zero-order chi connectivity index (χ0) is 5.98. The van der Waals surface area contributed by atoms with Crippen LogP contribution in [0.3, 0.4) is 0 Å². The number of thiophene rings is 1. The first-order chi connectivity index (χ1) is 3.83. The van der Waals surface area contributed by atoms with Crippen LogP contribution in [0.15, 0.2) is 12.1 Å². The summed E-state index contributed by atoms with van der Waals surface area (Å²) in [6, 6.07) is 3.07. The Kier molecular flexibility index (Phi) is 1.30. The molecule has 1 heterocycles. The van der Waals surface area contributed by atoms with E-state index < -0.39 is 0 Å². The topological polar surface area (TPSA) is 37.3 Å². The van der Waals surface area contributed by atoms with Crippen LogP contribution in [0.5, 0.6) is 5.06 Å². The van der Waals surface area contributed by atoms with Gasteiger partial charge in [0, 0.05) is 0 Å². The zero-order valence-electron chi connectivity index (χ0n) is 4.00. The number of aldehydes is 1. The minimum atomic E-state index is 0.187. The fraction of sp³-hybridized carbons (Fsp3) is 0. The lowest BCUT2D eigenvalue weighted by Gasteiger charge is -1.71. The molecule has 0 radical (unpaired) electrons. The third-order valence-electron chi connectivity index (χ3n) is 0.729. The lowest BCUT2D eigenvalue weighted by atomic mass is 10.5. The van der Waals surface area contributed by atoms with E-state index in [1.54, 1.807) is 6.07 Å². The van der Waals surface area contributed by atoms with Gasteiger partial charge in [0.2, 0.25) is 0 Å². The van der Waals surface area contributed by atoms with E-state index >= 15 is 0 Å². The van der Waals surface area contributed by atoms with Crippen molar-refractivity contribution < 1.29 is 9.90 Å². The van der Waals surface area contributed by atoms with Crippen molar-refractivity contribution in [1.29, 1.82) is 0 Å². The molecule has 0 bridgehead atoms. The molecule has 1 rings (SSSR count). The van der Waals surface area contributed by atoms with Crippen LogP contribution < -0.4 is 0 Å². The van der Waals surface area contributed by atoms with Gasteiger partial charge in [0.25, 0.3) is 0 Å². The van der Waals surface area contributed by atoms with Crippen LogP contribution in [0.2, 0.25) is 0 Å². The van der Waals surface area contributed by atoms with Crippen LogP contribution in [0.1, 0.15) is 9.67 Å². The van der Waals surface area contributed by atoms with Crippen LogP contribution in [0.25, 0.3) is 0 Å². The fourth-order valence-corrected chi connectivity index (χ4v) is 0.967. The van der Waals surface area contributed by atoms with Gasteiger partial charge < -0.3 is 5.11 Å². The van der Waals surface area contributed by atoms with Gasteiger partial charge in [0.1, 0.15) is 0 Å². The lowest BCUT2D eigenvalue weighted by molar-refractivity contribution is 0.112. The summed E-state index contributed by atoms with van der Waals surface area (Å²) < 4.78 is 0. The molecule has 0 aliphatic rings. The summed E-state index contributed by atoms with van der Waals surface area (Å²) in [5, 5.41) is 8.83. The number of hydrogen-bond donors (Lipinski definition) is 1. The van der Waals surface area contributed by atoms with Crippen LogP contribution in [-0.4, -0.2) is 11.4 Å². The van der Waals surface area contributed by atoms with Crippen LogP contribution in [0, 0.1) is 0 Å². The van der Waals surface area contributed by atoms with E-state index in [4.69, 9.17) is 5.11 Å². The quantitative estimate of drug-likeness (QED) is 0.578. The van der Waals surface area contributed by atoms with Gasteiger partial charge in [-0.3, -0.25) is 4.79 Å². The highest BCUT2D eigenvalue weighted by molar-refractivity contribution is 7.15. The Morgan fingerprint density at radius 2 is 2.38 bits per heavy atom. The number of hydrogen-bond acceptors (Lipinski definition) is 3. The van der Waals surface area contributed by atoms with Gasteiger partial charge in [-0.15, -0.1) is 0 Å². The molecule has 42 valence electrons. The van der Waals surface area contributed by atoms with Crippen molar-refractivity contribution in [2.45, 2.75) is 0 Å². The predicted octanol–water partition coefficient (Wildman–Crippen LogP) is 1.27. The smallest absolute Gasteiger partial charge is 0.171 e. The molecule has 0 spiro atoms. The molecule has 0 unspecified atom stereocenters. The third-order valence-corrected chi connectivity index (χ3v) is 1.54. The monoisotopic (exact) mass is 128 g/mol. The molecule has 0 atom stereocenters. The first-order valence-corrected chi connectivity index (χ1v) is 2.88. The number of carbonyl (C=O) groups is 1. The van der Waals surface area contributed by atoms with Gasteiger partial charge >= 0.3 is 0 Å². The molecule has 0 saturated carbocycles. The van der Waals surface area contributed by atoms with Gasteiger partial charge in [0.15, 0.2) is 11.3 Å². The maximum absolute atomic E-state index is 9.92.